The quantitative estimate of drug-likeness (QED) is 0.687. The van der Waals surface area contributed by atoms with Gasteiger partial charge in [0.1, 0.15) is 11.5 Å². The molecular formula is C12H13BrN4O4S2. The van der Waals surface area contributed by atoms with Gasteiger partial charge in [-0.1, -0.05) is 11.3 Å². The van der Waals surface area contributed by atoms with E-state index in [2.05, 4.69) is 10.1 Å². The minimum atomic E-state index is -3.83. The number of hydrogen-bond acceptors (Lipinski definition) is 7. The van der Waals surface area contributed by atoms with Gasteiger partial charge < -0.3 is 9.47 Å². The number of ether oxygens (including phenoxy) is 2. The van der Waals surface area contributed by atoms with Gasteiger partial charge in [0.25, 0.3) is 10.0 Å². The number of aromatic nitrogens is 3. The number of benzene rings is 1. The van der Waals surface area contributed by atoms with Crippen molar-refractivity contribution in [1.82, 2.24) is 14.6 Å². The summed E-state index contributed by atoms with van der Waals surface area (Å²) in [4.78, 5) is 4.79. The number of nitrogens with zero attached hydrogens (tertiary/aromatic N) is 3. The van der Waals surface area contributed by atoms with Gasteiger partial charge in [-0.2, -0.15) is 0 Å². The lowest BCUT2D eigenvalue weighted by Crippen LogP contribution is -2.12. The maximum absolute atomic E-state index is 11.3. The van der Waals surface area contributed by atoms with Gasteiger partial charge in [0, 0.05) is 11.6 Å². The molecule has 8 nitrogen and oxygen atoms in total. The third-order valence-electron chi connectivity index (χ3n) is 2.95. The van der Waals surface area contributed by atoms with E-state index in [0.29, 0.717) is 22.2 Å². The first kappa shape index (κ1) is 17.7. The van der Waals surface area contributed by atoms with E-state index in [-0.39, 0.29) is 21.3 Å². The third-order valence-corrected chi connectivity index (χ3v) is 5.19. The van der Waals surface area contributed by atoms with Crippen molar-refractivity contribution >= 4 is 43.3 Å². The summed E-state index contributed by atoms with van der Waals surface area (Å²) in [6.07, 6.45) is 1.62. The van der Waals surface area contributed by atoms with Crippen LogP contribution in [0.25, 0.3) is 16.2 Å². The molecule has 0 aliphatic rings. The molecule has 0 fully saturated rings. The summed E-state index contributed by atoms with van der Waals surface area (Å²) in [6, 6.07) is 5.34. The Morgan fingerprint density at radius 3 is 2.57 bits per heavy atom. The maximum atomic E-state index is 11.3. The summed E-state index contributed by atoms with van der Waals surface area (Å²) in [7, 11) is -0.710. The molecule has 0 atom stereocenters. The number of primary sulfonamides is 1. The molecule has 2 aromatic heterocycles. The normalized spacial score (nSPS) is 11.3. The molecule has 2 heterocycles. The van der Waals surface area contributed by atoms with E-state index >= 15 is 0 Å². The van der Waals surface area contributed by atoms with Crippen molar-refractivity contribution in [2.45, 2.75) is 4.34 Å². The van der Waals surface area contributed by atoms with E-state index in [1.54, 1.807) is 32.5 Å². The van der Waals surface area contributed by atoms with Crippen molar-refractivity contribution in [2.75, 3.05) is 14.2 Å². The summed E-state index contributed by atoms with van der Waals surface area (Å²) in [6.45, 7) is 0. The highest BCUT2D eigenvalue weighted by molar-refractivity contribution is 8.93. The largest absolute Gasteiger partial charge is 0.497 e. The highest BCUT2D eigenvalue weighted by Gasteiger charge is 2.18. The van der Waals surface area contributed by atoms with Crippen LogP contribution in [0.4, 0.5) is 0 Å². The van der Waals surface area contributed by atoms with Gasteiger partial charge in [0.15, 0.2) is 0 Å². The first-order chi connectivity index (χ1) is 10.4. The Hall–Kier alpha value is -1.69. The summed E-state index contributed by atoms with van der Waals surface area (Å²) in [5.41, 5.74) is 1.36. The van der Waals surface area contributed by atoms with Crippen LogP contribution in [0.15, 0.2) is 28.7 Å². The molecule has 0 amide bonds. The van der Waals surface area contributed by atoms with Crippen molar-refractivity contribution in [3.05, 3.63) is 24.4 Å². The number of fused-ring (bicyclic) bond motifs is 1. The van der Waals surface area contributed by atoms with Crippen LogP contribution in [-0.2, 0) is 10.0 Å². The predicted octanol–water partition coefficient (Wildman–Crippen LogP) is 1.70. The average molecular weight is 421 g/mol. The van der Waals surface area contributed by atoms with Gasteiger partial charge in [-0.3, -0.25) is 0 Å². The fourth-order valence-electron chi connectivity index (χ4n) is 1.94. The molecule has 0 spiro atoms. The Kier molecular flexibility index (Phi) is 4.94. The van der Waals surface area contributed by atoms with Crippen LogP contribution in [0, 0.1) is 0 Å². The minimum Gasteiger partial charge on any atom is -0.497 e. The molecule has 23 heavy (non-hydrogen) atoms. The number of imidazole rings is 1. The van der Waals surface area contributed by atoms with E-state index in [1.807, 2.05) is 6.07 Å². The van der Waals surface area contributed by atoms with Gasteiger partial charge >= 0.3 is 0 Å². The molecule has 0 aliphatic carbocycles. The van der Waals surface area contributed by atoms with Gasteiger partial charge in [0.05, 0.1) is 26.1 Å². The molecule has 0 aliphatic heterocycles. The number of nitrogens with two attached hydrogens (primary N) is 1. The van der Waals surface area contributed by atoms with Crippen molar-refractivity contribution in [3.8, 4) is 22.8 Å². The number of rotatable bonds is 4. The third kappa shape index (κ3) is 3.32. The molecule has 2 N–H and O–H groups in total. The maximum Gasteiger partial charge on any atom is 0.267 e. The van der Waals surface area contributed by atoms with E-state index in [4.69, 9.17) is 14.6 Å². The van der Waals surface area contributed by atoms with E-state index in [9.17, 15) is 8.42 Å². The standard InChI is InChI=1S/C12H12N4O4S2.BrH/c1-19-7-3-4-8(10(5-7)20-2)9-6-16-11(14-9)21-12(15-16)22(13,17)18;/h3-6H,1-2H3,(H2,13,17,18);1H. The zero-order valence-electron chi connectivity index (χ0n) is 12.1. The summed E-state index contributed by atoms with van der Waals surface area (Å²) < 4.78 is 34.2. The highest BCUT2D eigenvalue weighted by atomic mass is 79.9. The Morgan fingerprint density at radius 2 is 2.00 bits per heavy atom. The highest BCUT2D eigenvalue weighted by Crippen LogP contribution is 2.33. The Morgan fingerprint density at radius 1 is 1.26 bits per heavy atom. The zero-order valence-corrected chi connectivity index (χ0v) is 15.4. The van der Waals surface area contributed by atoms with Crippen LogP contribution in [0.3, 0.4) is 0 Å². The topological polar surface area (TPSA) is 109 Å². The minimum absolute atomic E-state index is 0. The van der Waals surface area contributed by atoms with Crippen LogP contribution in [0.5, 0.6) is 11.5 Å². The van der Waals surface area contributed by atoms with Crippen LogP contribution < -0.4 is 14.6 Å². The van der Waals surface area contributed by atoms with Gasteiger partial charge in [-0.05, 0) is 12.1 Å². The van der Waals surface area contributed by atoms with Crippen molar-refractivity contribution in [1.29, 1.82) is 0 Å². The number of sulfonamides is 1. The van der Waals surface area contributed by atoms with Crippen LogP contribution >= 0.6 is 28.3 Å². The summed E-state index contributed by atoms with van der Waals surface area (Å²) in [5, 5.41) is 8.97. The second kappa shape index (κ2) is 6.43. The number of hydrogen-bond donors (Lipinski definition) is 1. The molecule has 1 aromatic carbocycles. The first-order valence-corrected chi connectivity index (χ1v) is 8.40. The number of halogens is 1. The second-order valence-corrected chi connectivity index (χ2v) is 7.02. The lowest BCUT2D eigenvalue weighted by molar-refractivity contribution is 0.395. The van der Waals surface area contributed by atoms with Gasteiger partial charge in [-0.15, -0.1) is 22.1 Å². The fourth-order valence-corrected chi connectivity index (χ4v) is 3.44. The Balaban J connectivity index is 0.00000192. The molecule has 124 valence electrons. The van der Waals surface area contributed by atoms with E-state index in [1.165, 1.54) is 4.52 Å². The second-order valence-electron chi connectivity index (χ2n) is 4.33. The zero-order chi connectivity index (χ0) is 15.9. The molecule has 11 heteroatoms. The van der Waals surface area contributed by atoms with E-state index < -0.39 is 10.0 Å². The Bertz CT molecular complexity index is 920. The lowest BCUT2D eigenvalue weighted by Gasteiger charge is -2.08. The van der Waals surface area contributed by atoms with Crippen molar-refractivity contribution in [3.63, 3.8) is 0 Å². The molecule has 0 radical (unpaired) electrons. The fraction of sp³-hybridized carbons (Fsp3) is 0.167. The molecule has 0 unspecified atom stereocenters. The SMILES string of the molecule is Br.COc1ccc(-c2cn3nc(S(N)(=O)=O)sc3n2)c(OC)c1. The van der Waals surface area contributed by atoms with Crippen LogP contribution in [-0.4, -0.2) is 37.2 Å². The molecule has 3 rings (SSSR count). The molecule has 0 bridgehead atoms. The van der Waals surface area contributed by atoms with E-state index in [0.717, 1.165) is 16.9 Å². The van der Waals surface area contributed by atoms with Crippen LogP contribution in [0.2, 0.25) is 0 Å². The Labute approximate surface area is 146 Å². The van der Waals surface area contributed by atoms with Gasteiger partial charge in [0.2, 0.25) is 9.30 Å². The lowest BCUT2D eigenvalue weighted by atomic mass is 10.1. The molecule has 3 aromatic rings. The average Bonchev–Trinajstić information content (AvgIpc) is 3.04. The monoisotopic (exact) mass is 420 g/mol. The van der Waals surface area contributed by atoms with Crippen molar-refractivity contribution in [2.24, 2.45) is 5.14 Å². The number of methoxy groups -OCH3 is 2. The van der Waals surface area contributed by atoms with Crippen LogP contribution in [0.1, 0.15) is 0 Å². The predicted molar refractivity (Wildman–Crippen MR) is 91.1 cm³/mol. The van der Waals surface area contributed by atoms with Gasteiger partial charge in [-0.25, -0.2) is 23.1 Å². The van der Waals surface area contributed by atoms with Crippen molar-refractivity contribution < 1.29 is 17.9 Å². The molecule has 0 saturated heterocycles. The first-order valence-electron chi connectivity index (χ1n) is 6.04. The smallest absolute Gasteiger partial charge is 0.267 e. The summed E-state index contributed by atoms with van der Waals surface area (Å²) >= 11 is 0.903. The molecule has 0 saturated carbocycles. The molecular weight excluding hydrogens is 408 g/mol. The summed E-state index contributed by atoms with van der Waals surface area (Å²) in [5.74, 6) is 1.26.